The fourth-order valence-corrected chi connectivity index (χ4v) is 6.21. The summed E-state index contributed by atoms with van der Waals surface area (Å²) in [7, 11) is 0. The van der Waals surface area contributed by atoms with Crippen LogP contribution in [0.4, 0.5) is 0 Å². The zero-order chi connectivity index (χ0) is 22.2. The molecule has 0 radical (unpaired) electrons. The third-order valence-electron chi connectivity index (χ3n) is 6.99. The summed E-state index contributed by atoms with van der Waals surface area (Å²) in [6.07, 6.45) is -5.67. The first-order valence-electron chi connectivity index (χ1n) is 10.00. The van der Waals surface area contributed by atoms with E-state index in [1.165, 1.54) is 6.07 Å². The number of halogens is 2. The van der Waals surface area contributed by atoms with E-state index in [1.807, 2.05) is 0 Å². The lowest BCUT2D eigenvalue weighted by atomic mass is 9.74. The van der Waals surface area contributed by atoms with Crippen LogP contribution in [0.15, 0.2) is 17.2 Å². The fourth-order valence-electron chi connectivity index (χ4n) is 5.48. The second-order valence-corrected chi connectivity index (χ2v) is 9.46. The Hall–Kier alpha value is -1.68. The van der Waals surface area contributed by atoms with Crippen molar-refractivity contribution in [2.24, 2.45) is 11.3 Å². The first-order valence-corrected chi connectivity index (χ1v) is 10.8. The smallest absolute Gasteiger partial charge is 0.335 e. The maximum atomic E-state index is 12.5. The number of carbonyl (C=O) groups excluding carboxylic acids is 1. The Kier molecular flexibility index (Phi) is 4.89. The third-order valence-corrected chi connectivity index (χ3v) is 7.78. The minimum absolute atomic E-state index is 0.0277. The number of Topliss-reactive ketones (excluding diaryl/α,β-unsaturated/α-hetero) is 1. The minimum Gasteiger partial charge on any atom is -0.479 e. The van der Waals surface area contributed by atoms with Crippen LogP contribution in [0.2, 0.25) is 5.02 Å². The number of carbonyl (C=O) groups is 2. The summed E-state index contributed by atoms with van der Waals surface area (Å²) < 4.78 is 10.8. The summed E-state index contributed by atoms with van der Waals surface area (Å²) in [5.74, 6) is -1.46. The molecule has 1 saturated heterocycles. The molecule has 1 unspecified atom stereocenters. The molecule has 1 aromatic rings. The van der Waals surface area contributed by atoms with Gasteiger partial charge in [0.2, 0.25) is 6.29 Å². The van der Waals surface area contributed by atoms with Crippen LogP contribution >= 0.6 is 23.2 Å². The number of benzene rings is 1. The zero-order valence-electron chi connectivity index (χ0n) is 16.1. The molecule has 2 bridgehead atoms. The molecule has 1 aliphatic heterocycles. The van der Waals surface area contributed by atoms with Crippen molar-refractivity contribution in [2.75, 3.05) is 0 Å². The molecule has 5 rings (SSSR count). The number of rotatable bonds is 3. The van der Waals surface area contributed by atoms with Crippen LogP contribution < -0.4 is 4.74 Å². The topological polar surface area (TPSA) is 134 Å². The van der Waals surface area contributed by atoms with Gasteiger partial charge in [-0.15, -0.1) is 0 Å². The Bertz CT molecular complexity index is 1020. The van der Waals surface area contributed by atoms with Crippen LogP contribution in [-0.2, 0) is 20.7 Å². The molecule has 31 heavy (non-hydrogen) atoms. The molecule has 4 aliphatic rings. The van der Waals surface area contributed by atoms with Crippen molar-refractivity contribution in [3.05, 3.63) is 33.3 Å². The minimum atomic E-state index is -1.81. The van der Waals surface area contributed by atoms with Gasteiger partial charge in [-0.05, 0) is 48.4 Å². The molecule has 1 spiro atoms. The molecule has 1 aromatic carbocycles. The van der Waals surface area contributed by atoms with Gasteiger partial charge >= 0.3 is 5.97 Å². The molecule has 1 saturated carbocycles. The lowest BCUT2D eigenvalue weighted by Crippen LogP contribution is -2.61. The van der Waals surface area contributed by atoms with Crippen LogP contribution in [0.5, 0.6) is 5.75 Å². The first-order chi connectivity index (χ1) is 14.6. The van der Waals surface area contributed by atoms with Crippen LogP contribution in [-0.4, -0.2) is 62.9 Å². The molecule has 2 fully saturated rings. The molecular formula is C21H20Cl2O8. The predicted molar refractivity (Wildman–Crippen MR) is 108 cm³/mol. The summed E-state index contributed by atoms with van der Waals surface area (Å²) in [4.78, 5) is 23.8. The molecule has 3 aliphatic carbocycles. The average molecular weight is 471 g/mol. The number of hydrogen-bond acceptors (Lipinski definition) is 7. The first kappa shape index (κ1) is 21.2. The second kappa shape index (κ2) is 7.16. The normalized spacial score (nSPS) is 38.8. The van der Waals surface area contributed by atoms with Gasteiger partial charge in [0.25, 0.3) is 0 Å². The van der Waals surface area contributed by atoms with Crippen molar-refractivity contribution in [3.8, 4) is 5.75 Å². The highest BCUT2D eigenvalue weighted by atomic mass is 35.5. The van der Waals surface area contributed by atoms with Gasteiger partial charge in [0.1, 0.15) is 24.1 Å². The lowest BCUT2D eigenvalue weighted by molar-refractivity contribution is -0.271. The van der Waals surface area contributed by atoms with E-state index in [1.54, 1.807) is 6.07 Å². The quantitative estimate of drug-likeness (QED) is 0.521. The van der Waals surface area contributed by atoms with E-state index in [-0.39, 0.29) is 32.9 Å². The number of aliphatic hydroxyl groups is 3. The predicted octanol–water partition coefficient (Wildman–Crippen LogP) is 1.49. The van der Waals surface area contributed by atoms with Gasteiger partial charge in [0.15, 0.2) is 11.9 Å². The van der Waals surface area contributed by atoms with E-state index < -0.39 is 36.7 Å². The summed E-state index contributed by atoms with van der Waals surface area (Å²) in [6, 6.07) is 3.27. The van der Waals surface area contributed by atoms with E-state index in [9.17, 15) is 30.0 Å². The number of allylic oxidation sites excluding steroid dienone is 2. The van der Waals surface area contributed by atoms with Crippen molar-refractivity contribution in [3.63, 3.8) is 0 Å². The van der Waals surface area contributed by atoms with Crippen LogP contribution in [0, 0.1) is 11.3 Å². The molecule has 10 heteroatoms. The number of aliphatic carboxylic acids is 1. The molecule has 166 valence electrons. The number of ketones is 1. The van der Waals surface area contributed by atoms with E-state index in [4.69, 9.17) is 32.7 Å². The van der Waals surface area contributed by atoms with Crippen molar-refractivity contribution in [1.82, 2.24) is 0 Å². The van der Waals surface area contributed by atoms with Gasteiger partial charge in [-0.3, -0.25) is 4.79 Å². The van der Waals surface area contributed by atoms with Crippen molar-refractivity contribution >= 4 is 40.5 Å². The highest BCUT2D eigenvalue weighted by molar-refractivity contribution is 6.47. The Morgan fingerprint density at radius 2 is 1.90 bits per heavy atom. The van der Waals surface area contributed by atoms with E-state index in [0.29, 0.717) is 6.42 Å². The number of fused-ring (bicyclic) bond motifs is 3. The molecule has 0 aromatic heterocycles. The van der Waals surface area contributed by atoms with E-state index in [2.05, 4.69) is 0 Å². The monoisotopic (exact) mass is 470 g/mol. The largest absolute Gasteiger partial charge is 0.479 e. The summed E-state index contributed by atoms with van der Waals surface area (Å²) >= 11 is 13.1. The van der Waals surface area contributed by atoms with Crippen LogP contribution in [0.25, 0.3) is 5.57 Å². The molecular weight excluding hydrogens is 451 g/mol. The van der Waals surface area contributed by atoms with Crippen LogP contribution in [0.3, 0.4) is 0 Å². The zero-order valence-corrected chi connectivity index (χ0v) is 17.6. The van der Waals surface area contributed by atoms with Crippen molar-refractivity contribution in [1.29, 1.82) is 0 Å². The van der Waals surface area contributed by atoms with E-state index >= 15 is 0 Å². The van der Waals surface area contributed by atoms with Gasteiger partial charge in [-0.2, -0.15) is 0 Å². The third kappa shape index (κ3) is 2.97. The van der Waals surface area contributed by atoms with Crippen molar-refractivity contribution in [2.45, 2.75) is 56.4 Å². The summed E-state index contributed by atoms with van der Waals surface area (Å²) in [6.45, 7) is 0. The molecule has 8 nitrogen and oxygen atoms in total. The average Bonchev–Trinajstić information content (AvgIpc) is 3.28. The Morgan fingerprint density at radius 1 is 1.16 bits per heavy atom. The molecule has 4 N–H and O–H groups in total. The second-order valence-electron chi connectivity index (χ2n) is 8.71. The molecule has 7 atom stereocenters. The standard InChI is InChI=1S/C21H20Cl2O8/c22-12-9-6-21-4-3-7(5-21)14(24)13(23)11(21)8(9)1-2-10(12)30-20-17(27)15(25)16(26)18(31-20)19(28)29/h1-2,7,15-18,20,25-27H,3-6H2,(H,28,29)/t7-,15+,16+,17-,18+,20?,21+/m1/s1. The Morgan fingerprint density at radius 3 is 2.61 bits per heavy atom. The maximum Gasteiger partial charge on any atom is 0.335 e. The van der Waals surface area contributed by atoms with Gasteiger partial charge in [-0.1, -0.05) is 29.3 Å². The number of carboxylic acid groups (broad SMARTS) is 1. The van der Waals surface area contributed by atoms with Crippen LogP contribution in [0.1, 0.15) is 30.4 Å². The van der Waals surface area contributed by atoms with Gasteiger partial charge in [0, 0.05) is 11.3 Å². The maximum absolute atomic E-state index is 12.5. The van der Waals surface area contributed by atoms with Gasteiger partial charge < -0.3 is 29.9 Å². The fraction of sp³-hybridized carbons (Fsp3) is 0.524. The Balaban J connectivity index is 1.48. The SMILES string of the molecule is O=C1C(Cl)=C2c3ccc(OC4O[C@H](C(=O)O)[C@@H](O)[C@H](O)[C@H]4O)c(Cl)c3C[C@@]23CC[C@@H]1C3. The lowest BCUT2D eigenvalue weighted by Gasteiger charge is -2.38. The highest BCUT2D eigenvalue weighted by Crippen LogP contribution is 2.64. The number of carboxylic acids is 1. The van der Waals surface area contributed by atoms with Gasteiger partial charge in [-0.25, -0.2) is 4.79 Å². The van der Waals surface area contributed by atoms with E-state index in [0.717, 1.165) is 36.0 Å². The number of hydrogen-bond donors (Lipinski definition) is 4. The summed E-state index contributed by atoms with van der Waals surface area (Å²) in [5.41, 5.74) is 2.16. The molecule has 1 heterocycles. The van der Waals surface area contributed by atoms with Gasteiger partial charge in [0.05, 0.1) is 10.1 Å². The summed E-state index contributed by atoms with van der Waals surface area (Å²) in [5, 5.41) is 39.7. The highest BCUT2D eigenvalue weighted by Gasteiger charge is 2.55. The molecule has 0 amide bonds. The Labute approximate surface area is 187 Å². The van der Waals surface area contributed by atoms with Crippen molar-refractivity contribution < 1.29 is 39.5 Å². The number of ether oxygens (including phenoxy) is 2. The number of aliphatic hydroxyl groups excluding tert-OH is 3.